The third kappa shape index (κ3) is 3.22. The highest BCUT2D eigenvalue weighted by Crippen LogP contribution is 2.38. The summed E-state index contributed by atoms with van der Waals surface area (Å²) in [4.78, 5) is 20.8. The fourth-order valence-electron chi connectivity index (χ4n) is 2.90. The molecule has 27 heavy (non-hydrogen) atoms. The number of benzene rings is 1. The largest absolute Gasteiger partial charge is 0.505 e. The van der Waals surface area contributed by atoms with Gasteiger partial charge >= 0.3 is 0 Å². The Hall–Kier alpha value is -3.38. The first-order chi connectivity index (χ1) is 13.1. The fraction of sp³-hybridized carbons (Fsp3) is 0.0500. The summed E-state index contributed by atoms with van der Waals surface area (Å²) in [5.41, 5.74) is 1.13. The van der Waals surface area contributed by atoms with Crippen LogP contribution in [0.5, 0.6) is 5.75 Å². The number of nitrogens with one attached hydrogen (secondary N) is 1. The van der Waals surface area contributed by atoms with Crippen molar-refractivity contribution in [1.82, 2.24) is 15.3 Å². The first-order valence-electron chi connectivity index (χ1n) is 8.15. The average Bonchev–Trinajstić information content (AvgIpc) is 3.24. The highest BCUT2D eigenvalue weighted by Gasteiger charge is 2.25. The molecule has 0 spiro atoms. The number of amides is 1. The van der Waals surface area contributed by atoms with Crippen molar-refractivity contribution in [3.05, 3.63) is 89.2 Å². The number of phenols is 1. The number of furan rings is 1. The lowest BCUT2D eigenvalue weighted by Gasteiger charge is -2.19. The van der Waals surface area contributed by atoms with E-state index in [1.807, 2.05) is 0 Å². The van der Waals surface area contributed by atoms with Crippen molar-refractivity contribution in [3.63, 3.8) is 0 Å². The first-order valence-corrected chi connectivity index (χ1v) is 8.53. The van der Waals surface area contributed by atoms with Crippen LogP contribution < -0.4 is 5.32 Å². The van der Waals surface area contributed by atoms with Gasteiger partial charge in [-0.25, -0.2) is 0 Å². The van der Waals surface area contributed by atoms with Crippen LogP contribution in [0, 0.1) is 0 Å². The Morgan fingerprint density at radius 2 is 2.04 bits per heavy atom. The minimum Gasteiger partial charge on any atom is -0.505 e. The molecule has 0 aliphatic rings. The van der Waals surface area contributed by atoms with Gasteiger partial charge in [-0.05, 0) is 42.5 Å². The molecule has 1 atom stereocenters. The van der Waals surface area contributed by atoms with E-state index in [9.17, 15) is 9.90 Å². The monoisotopic (exact) mass is 379 g/mol. The molecule has 0 saturated carbocycles. The van der Waals surface area contributed by atoms with Crippen molar-refractivity contribution in [2.45, 2.75) is 6.04 Å². The van der Waals surface area contributed by atoms with Gasteiger partial charge in [-0.2, -0.15) is 0 Å². The van der Waals surface area contributed by atoms with Crippen LogP contribution in [0.3, 0.4) is 0 Å². The number of phenolic OH excluding ortho intramolecular Hbond substituents is 1. The summed E-state index contributed by atoms with van der Waals surface area (Å²) in [5, 5.41) is 14.7. The summed E-state index contributed by atoms with van der Waals surface area (Å²) in [7, 11) is 0. The van der Waals surface area contributed by atoms with E-state index >= 15 is 0 Å². The van der Waals surface area contributed by atoms with Gasteiger partial charge in [0, 0.05) is 29.5 Å². The van der Waals surface area contributed by atoms with Crippen molar-refractivity contribution in [3.8, 4) is 5.75 Å². The highest BCUT2D eigenvalue weighted by molar-refractivity contribution is 6.35. The highest BCUT2D eigenvalue weighted by atomic mass is 35.5. The van der Waals surface area contributed by atoms with E-state index in [0.717, 1.165) is 0 Å². The number of aromatic hydroxyl groups is 1. The maximum absolute atomic E-state index is 12.7. The zero-order valence-electron chi connectivity index (χ0n) is 14.0. The van der Waals surface area contributed by atoms with Crippen molar-refractivity contribution >= 4 is 28.4 Å². The van der Waals surface area contributed by atoms with Crippen LogP contribution in [0.4, 0.5) is 0 Å². The minimum atomic E-state index is -0.753. The molecule has 3 aromatic heterocycles. The number of carbonyl (C=O) groups is 1. The van der Waals surface area contributed by atoms with Crippen molar-refractivity contribution in [1.29, 1.82) is 0 Å². The van der Waals surface area contributed by atoms with E-state index in [1.165, 1.54) is 12.5 Å². The first kappa shape index (κ1) is 17.1. The average molecular weight is 380 g/mol. The smallest absolute Gasteiger partial charge is 0.253 e. The number of carbonyl (C=O) groups excluding carboxylic acids is 1. The second kappa shape index (κ2) is 7.09. The summed E-state index contributed by atoms with van der Waals surface area (Å²) in [5.74, 6) is 0.0258. The number of halogens is 1. The van der Waals surface area contributed by atoms with E-state index in [2.05, 4.69) is 15.3 Å². The van der Waals surface area contributed by atoms with Gasteiger partial charge in [0.2, 0.25) is 0 Å². The number of aromatic nitrogens is 2. The van der Waals surface area contributed by atoms with Gasteiger partial charge in [-0.15, -0.1) is 0 Å². The van der Waals surface area contributed by atoms with Gasteiger partial charge in [0.05, 0.1) is 16.8 Å². The van der Waals surface area contributed by atoms with Crippen molar-refractivity contribution in [2.24, 2.45) is 0 Å². The quantitative estimate of drug-likeness (QED) is 0.557. The Morgan fingerprint density at radius 3 is 2.78 bits per heavy atom. The van der Waals surface area contributed by atoms with Crippen LogP contribution in [-0.2, 0) is 0 Å². The number of pyridine rings is 2. The van der Waals surface area contributed by atoms with Gasteiger partial charge in [-0.1, -0.05) is 11.6 Å². The molecule has 0 fully saturated rings. The normalized spacial score (nSPS) is 12.0. The molecule has 4 aromatic rings. The number of nitrogens with zero attached hydrogens (tertiary/aromatic N) is 2. The molecule has 4 rings (SSSR count). The summed E-state index contributed by atoms with van der Waals surface area (Å²) in [6.07, 6.45) is 6.11. The lowest BCUT2D eigenvalue weighted by Crippen LogP contribution is -2.29. The summed E-state index contributed by atoms with van der Waals surface area (Å²) >= 11 is 6.39. The molecule has 1 amide bonds. The SMILES string of the molecule is O=C(N[C@H](c1ccco1)c1cc(Cl)c2cccnc2c1O)c1cccnc1. The third-order valence-electron chi connectivity index (χ3n) is 4.18. The van der Waals surface area contributed by atoms with Crippen LogP contribution in [0.25, 0.3) is 10.9 Å². The zero-order valence-corrected chi connectivity index (χ0v) is 14.7. The van der Waals surface area contributed by atoms with Crippen LogP contribution in [0.15, 0.2) is 71.7 Å². The van der Waals surface area contributed by atoms with Crippen LogP contribution >= 0.6 is 11.6 Å². The predicted octanol–water partition coefficient (Wildman–Crippen LogP) is 4.10. The summed E-state index contributed by atoms with van der Waals surface area (Å²) < 4.78 is 5.49. The molecular weight excluding hydrogens is 366 g/mol. The molecule has 0 radical (unpaired) electrons. The second-order valence-electron chi connectivity index (χ2n) is 5.86. The van der Waals surface area contributed by atoms with E-state index in [1.54, 1.807) is 54.9 Å². The molecule has 0 aliphatic heterocycles. The second-order valence-corrected chi connectivity index (χ2v) is 6.27. The molecule has 0 saturated heterocycles. The lowest BCUT2D eigenvalue weighted by molar-refractivity contribution is 0.0938. The Bertz CT molecular complexity index is 1100. The van der Waals surface area contributed by atoms with Crippen LogP contribution in [0.2, 0.25) is 5.02 Å². The van der Waals surface area contributed by atoms with Gasteiger partial charge in [0.15, 0.2) is 0 Å². The third-order valence-corrected chi connectivity index (χ3v) is 4.50. The van der Waals surface area contributed by atoms with Gasteiger partial charge in [0.25, 0.3) is 5.91 Å². The number of fused-ring (bicyclic) bond motifs is 1. The number of rotatable bonds is 4. The maximum Gasteiger partial charge on any atom is 0.253 e. The van der Waals surface area contributed by atoms with Gasteiger partial charge in [0.1, 0.15) is 23.1 Å². The topological polar surface area (TPSA) is 88.2 Å². The fourth-order valence-corrected chi connectivity index (χ4v) is 3.17. The number of hydrogen-bond acceptors (Lipinski definition) is 5. The Morgan fingerprint density at radius 1 is 1.19 bits per heavy atom. The molecule has 7 heteroatoms. The van der Waals surface area contributed by atoms with Crippen LogP contribution in [0.1, 0.15) is 27.7 Å². The van der Waals surface area contributed by atoms with E-state index < -0.39 is 6.04 Å². The van der Waals surface area contributed by atoms with Crippen molar-refractivity contribution in [2.75, 3.05) is 0 Å². The molecule has 0 bridgehead atoms. The molecule has 6 nitrogen and oxygen atoms in total. The maximum atomic E-state index is 12.7. The van der Waals surface area contributed by atoms with Gasteiger partial charge in [-0.3, -0.25) is 14.8 Å². The van der Waals surface area contributed by atoms with E-state index in [4.69, 9.17) is 16.0 Å². The van der Waals surface area contributed by atoms with E-state index in [-0.39, 0.29) is 11.7 Å². The zero-order chi connectivity index (χ0) is 18.8. The molecular formula is C20H14ClN3O3. The predicted molar refractivity (Wildman–Crippen MR) is 101 cm³/mol. The Balaban J connectivity index is 1.82. The molecule has 0 aliphatic carbocycles. The van der Waals surface area contributed by atoms with Gasteiger partial charge < -0.3 is 14.8 Å². The van der Waals surface area contributed by atoms with Crippen molar-refractivity contribution < 1.29 is 14.3 Å². The lowest BCUT2D eigenvalue weighted by atomic mass is 10.00. The summed E-state index contributed by atoms with van der Waals surface area (Å²) in [6.45, 7) is 0. The Labute approximate surface area is 159 Å². The molecule has 2 N–H and O–H groups in total. The molecule has 0 unspecified atom stereocenters. The standard InChI is InChI=1S/C20H14ClN3O3/c21-15-10-14(19(25)18-13(15)5-2-8-23-18)17(16-6-3-9-27-16)24-20(26)12-4-1-7-22-11-12/h1-11,17,25H,(H,24,26)/t17-/m0/s1. The minimum absolute atomic E-state index is 0.0668. The molecule has 3 heterocycles. The molecule has 1 aromatic carbocycles. The summed E-state index contributed by atoms with van der Waals surface area (Å²) in [6, 6.07) is 11.1. The van der Waals surface area contributed by atoms with Crippen LogP contribution in [-0.4, -0.2) is 21.0 Å². The number of hydrogen-bond donors (Lipinski definition) is 2. The van der Waals surface area contributed by atoms with E-state index in [0.29, 0.717) is 32.8 Å². The molecule has 134 valence electrons. The Kier molecular flexibility index (Phi) is 4.48.